The van der Waals surface area contributed by atoms with Crippen molar-refractivity contribution >= 4 is 33.2 Å². The summed E-state index contributed by atoms with van der Waals surface area (Å²) in [5.41, 5.74) is 7.05. The number of phenolic OH excluding ortho intramolecular Hbond substituents is 1. The standard InChI is InChI=1S/C19H21BrN2O4/c1-2-26-17(19(25)13-11-12(20)7-8-16(13)23)9-10-18(24)22-15-6-4-3-5-14(15)21/h3-11,17,19,23,25H,2,21H2,1H3,(H,22,24)/b10-9+/t17-,19-/m0/s1. The summed E-state index contributed by atoms with van der Waals surface area (Å²) in [4.78, 5) is 12.1. The molecule has 138 valence electrons. The summed E-state index contributed by atoms with van der Waals surface area (Å²) in [6.45, 7) is 2.10. The molecule has 2 atom stereocenters. The minimum atomic E-state index is -1.14. The number of hydrogen-bond donors (Lipinski definition) is 4. The number of hydrogen-bond acceptors (Lipinski definition) is 5. The van der Waals surface area contributed by atoms with E-state index in [2.05, 4.69) is 21.2 Å². The molecule has 1 amide bonds. The van der Waals surface area contributed by atoms with Crippen LogP contribution in [0.4, 0.5) is 11.4 Å². The van der Waals surface area contributed by atoms with Gasteiger partial charge in [-0.1, -0.05) is 28.1 Å². The molecule has 7 heteroatoms. The monoisotopic (exact) mass is 420 g/mol. The van der Waals surface area contributed by atoms with Gasteiger partial charge in [0, 0.05) is 22.7 Å². The molecule has 0 bridgehead atoms. The lowest BCUT2D eigenvalue weighted by Gasteiger charge is -2.21. The van der Waals surface area contributed by atoms with Gasteiger partial charge in [-0.25, -0.2) is 0 Å². The van der Waals surface area contributed by atoms with Gasteiger partial charge in [-0.3, -0.25) is 4.79 Å². The van der Waals surface area contributed by atoms with E-state index in [1.165, 1.54) is 18.2 Å². The number of ether oxygens (including phenoxy) is 1. The van der Waals surface area contributed by atoms with Gasteiger partial charge in [0.05, 0.1) is 11.4 Å². The fourth-order valence-corrected chi connectivity index (χ4v) is 2.73. The van der Waals surface area contributed by atoms with E-state index in [1.54, 1.807) is 43.3 Å². The van der Waals surface area contributed by atoms with Crippen molar-refractivity contribution in [3.05, 3.63) is 64.7 Å². The lowest BCUT2D eigenvalue weighted by atomic mass is 10.0. The van der Waals surface area contributed by atoms with E-state index >= 15 is 0 Å². The molecule has 2 rings (SSSR count). The van der Waals surface area contributed by atoms with E-state index in [0.29, 0.717) is 28.0 Å². The van der Waals surface area contributed by atoms with Crippen molar-refractivity contribution < 1.29 is 19.7 Å². The number of aliphatic hydroxyl groups excluding tert-OH is 1. The Labute approximate surface area is 160 Å². The third-order valence-corrected chi connectivity index (χ3v) is 4.13. The van der Waals surface area contributed by atoms with Crippen LogP contribution in [-0.4, -0.2) is 28.8 Å². The average molecular weight is 421 g/mol. The number of amides is 1. The van der Waals surface area contributed by atoms with Crippen molar-refractivity contribution in [2.45, 2.75) is 19.1 Å². The maximum atomic E-state index is 12.1. The van der Waals surface area contributed by atoms with Crippen molar-refractivity contribution in [3.63, 3.8) is 0 Å². The van der Waals surface area contributed by atoms with Crippen LogP contribution in [0.15, 0.2) is 59.1 Å². The van der Waals surface area contributed by atoms with Gasteiger partial charge in [0.2, 0.25) is 5.91 Å². The van der Waals surface area contributed by atoms with Gasteiger partial charge in [-0.15, -0.1) is 0 Å². The molecule has 0 heterocycles. The predicted molar refractivity (Wildman–Crippen MR) is 105 cm³/mol. The minimum Gasteiger partial charge on any atom is -0.508 e. The van der Waals surface area contributed by atoms with Crippen molar-refractivity contribution in [1.82, 2.24) is 0 Å². The normalized spacial score (nSPS) is 13.5. The van der Waals surface area contributed by atoms with Gasteiger partial charge in [0.15, 0.2) is 0 Å². The van der Waals surface area contributed by atoms with Crippen molar-refractivity contribution in [1.29, 1.82) is 0 Å². The molecule has 0 saturated heterocycles. The largest absolute Gasteiger partial charge is 0.508 e. The van der Waals surface area contributed by atoms with Crippen LogP contribution in [0, 0.1) is 0 Å². The van der Waals surface area contributed by atoms with Crippen LogP contribution in [0.3, 0.4) is 0 Å². The molecule has 0 unspecified atom stereocenters. The number of aliphatic hydroxyl groups is 1. The maximum absolute atomic E-state index is 12.1. The predicted octanol–water partition coefficient (Wildman–Crippen LogP) is 3.37. The van der Waals surface area contributed by atoms with E-state index in [1.807, 2.05) is 0 Å². The highest BCUT2D eigenvalue weighted by atomic mass is 79.9. The zero-order valence-electron chi connectivity index (χ0n) is 14.2. The number of phenols is 1. The summed E-state index contributed by atoms with van der Waals surface area (Å²) in [7, 11) is 0. The third kappa shape index (κ3) is 5.32. The van der Waals surface area contributed by atoms with Crippen molar-refractivity contribution in [2.75, 3.05) is 17.7 Å². The zero-order valence-corrected chi connectivity index (χ0v) is 15.8. The number of nitrogen functional groups attached to an aromatic ring is 1. The van der Waals surface area contributed by atoms with Gasteiger partial charge in [-0.2, -0.15) is 0 Å². The summed E-state index contributed by atoms with van der Waals surface area (Å²) < 4.78 is 6.22. The molecule has 6 nitrogen and oxygen atoms in total. The summed E-state index contributed by atoms with van der Waals surface area (Å²) in [5, 5.41) is 23.2. The molecule has 0 aliphatic heterocycles. The smallest absolute Gasteiger partial charge is 0.248 e. The van der Waals surface area contributed by atoms with Gasteiger partial charge in [-0.05, 0) is 43.3 Å². The van der Waals surface area contributed by atoms with E-state index in [-0.39, 0.29) is 5.75 Å². The quantitative estimate of drug-likeness (QED) is 0.405. The third-order valence-electron chi connectivity index (χ3n) is 3.63. The molecule has 0 radical (unpaired) electrons. The zero-order chi connectivity index (χ0) is 19.1. The van der Waals surface area contributed by atoms with Crippen molar-refractivity contribution in [3.8, 4) is 5.75 Å². The van der Waals surface area contributed by atoms with Crippen LogP contribution in [0.2, 0.25) is 0 Å². The summed E-state index contributed by atoms with van der Waals surface area (Å²) in [6.07, 6.45) is 0.769. The van der Waals surface area contributed by atoms with Crippen LogP contribution in [0.25, 0.3) is 0 Å². The first-order valence-electron chi connectivity index (χ1n) is 8.04. The van der Waals surface area contributed by atoms with Crippen molar-refractivity contribution in [2.24, 2.45) is 0 Å². The van der Waals surface area contributed by atoms with Crippen LogP contribution >= 0.6 is 15.9 Å². The van der Waals surface area contributed by atoms with Gasteiger partial charge in [0.25, 0.3) is 0 Å². The Balaban J connectivity index is 2.13. The first-order valence-corrected chi connectivity index (χ1v) is 8.83. The van der Waals surface area contributed by atoms with E-state index < -0.39 is 18.1 Å². The molecule has 0 aromatic heterocycles. The van der Waals surface area contributed by atoms with Crippen LogP contribution in [-0.2, 0) is 9.53 Å². The summed E-state index contributed by atoms with van der Waals surface area (Å²) >= 11 is 3.30. The molecule has 0 aliphatic carbocycles. The second kappa shape index (κ2) is 9.38. The minimum absolute atomic E-state index is 0.0553. The number of carbonyl (C=O) groups is 1. The molecular formula is C19H21BrN2O4. The molecular weight excluding hydrogens is 400 g/mol. The topological polar surface area (TPSA) is 105 Å². The molecule has 2 aromatic rings. The first kappa shape index (κ1) is 20.0. The number of carbonyl (C=O) groups excluding carboxylic acids is 1. The fourth-order valence-electron chi connectivity index (χ4n) is 2.35. The van der Waals surface area contributed by atoms with Crippen LogP contribution < -0.4 is 11.1 Å². The number of nitrogens with two attached hydrogens (primary N) is 1. The Morgan fingerprint density at radius 1 is 1.35 bits per heavy atom. The second-order valence-electron chi connectivity index (χ2n) is 5.50. The van der Waals surface area contributed by atoms with E-state index in [9.17, 15) is 15.0 Å². The molecule has 0 spiro atoms. The van der Waals surface area contributed by atoms with Gasteiger partial charge >= 0.3 is 0 Å². The van der Waals surface area contributed by atoms with E-state index in [0.717, 1.165) is 0 Å². The first-order chi connectivity index (χ1) is 12.4. The maximum Gasteiger partial charge on any atom is 0.248 e. The molecule has 2 aromatic carbocycles. The van der Waals surface area contributed by atoms with Gasteiger partial charge < -0.3 is 26.0 Å². The highest BCUT2D eigenvalue weighted by Gasteiger charge is 2.22. The molecule has 5 N–H and O–H groups in total. The van der Waals surface area contributed by atoms with E-state index in [4.69, 9.17) is 10.5 Å². The Morgan fingerprint density at radius 3 is 2.77 bits per heavy atom. The number of nitrogens with one attached hydrogen (secondary N) is 1. The lowest BCUT2D eigenvalue weighted by molar-refractivity contribution is -0.112. The Morgan fingerprint density at radius 2 is 2.08 bits per heavy atom. The van der Waals surface area contributed by atoms with Crippen LogP contribution in [0.5, 0.6) is 5.75 Å². The molecule has 0 aliphatic rings. The lowest BCUT2D eigenvalue weighted by Crippen LogP contribution is -2.21. The number of rotatable bonds is 7. The summed E-state index contributed by atoms with van der Waals surface area (Å²) in [5.74, 6) is -0.460. The molecule has 0 fully saturated rings. The summed E-state index contributed by atoms with van der Waals surface area (Å²) in [6, 6.07) is 11.6. The second-order valence-corrected chi connectivity index (χ2v) is 6.42. The number of para-hydroxylation sites is 2. The number of halogens is 1. The number of anilines is 2. The Kier molecular flexibility index (Phi) is 7.20. The molecule has 0 saturated carbocycles. The highest BCUT2D eigenvalue weighted by molar-refractivity contribution is 9.10. The molecule has 26 heavy (non-hydrogen) atoms. The number of aromatic hydroxyl groups is 1. The fraction of sp³-hybridized carbons (Fsp3) is 0.211. The highest BCUT2D eigenvalue weighted by Crippen LogP contribution is 2.31. The van der Waals surface area contributed by atoms with Gasteiger partial charge in [0.1, 0.15) is 18.0 Å². The SMILES string of the molecule is CCO[C@@H](/C=C/C(=O)Nc1ccccc1N)[C@@H](O)c1cc(Br)ccc1O. The Bertz CT molecular complexity index is 795. The Hall–Kier alpha value is -2.35. The number of benzene rings is 2. The average Bonchev–Trinajstić information content (AvgIpc) is 2.62. The van der Waals surface area contributed by atoms with Crippen LogP contribution in [0.1, 0.15) is 18.6 Å².